The Bertz CT molecular complexity index is 1240. The third-order valence-electron chi connectivity index (χ3n) is 23.0. The second-order valence-corrected chi connectivity index (χ2v) is 32.1. The van der Waals surface area contributed by atoms with E-state index in [1.165, 1.54) is 140 Å². The van der Waals surface area contributed by atoms with Crippen molar-refractivity contribution in [2.45, 2.75) is 321 Å². The molecule has 11 aliphatic rings. The van der Waals surface area contributed by atoms with E-state index >= 15 is 0 Å². The third kappa shape index (κ3) is 23.9. The highest BCUT2D eigenvalue weighted by molar-refractivity contribution is 4.94. The van der Waals surface area contributed by atoms with Crippen LogP contribution in [0, 0.1) is 128 Å². The molecule has 70 heavy (non-hydrogen) atoms. The first kappa shape index (κ1) is 66.1. The predicted octanol–water partition coefficient (Wildman–Crippen LogP) is 23.9. The molecule has 0 heterocycles. The number of hydrogen-bond acceptors (Lipinski definition) is 0. The van der Waals surface area contributed by atoms with Crippen molar-refractivity contribution in [1.82, 2.24) is 0 Å². The standard InChI is InChI=1S/C7H12.9C7H14/c1-5-4-7(5)6-2-3-6;2*1-6-4-7(2,3)5-6;2*1-6-4-5-7(6,2)3;2*1-5-4-6(2)7(5)3;1-3-7-4-6(2)5-7;1-3-7(2)5-4-6-7;1-3-7-5-4-6(7)2/h5-7H,2-4H2,1H3;4*6H,4-5H2,1-3H3;2*5-7H,4H2,1-3H3;6-7H,3-5H2,1-2H3;3-6H2,1-2H3;6-7H,3-5H2,1-2H3/t5-,7?;;;6-;;;;;;/m0..0....../s1. The van der Waals surface area contributed by atoms with E-state index in [4.69, 9.17) is 0 Å². The fraction of sp³-hybridized carbons (Fsp3) is 1.00. The summed E-state index contributed by atoms with van der Waals surface area (Å²) < 4.78 is 0. The predicted molar refractivity (Wildman–Crippen MR) is 320 cm³/mol. The Kier molecular flexibility index (Phi) is 27.9. The normalized spacial score (nSPS) is 39.2. The molecule has 11 rings (SSSR count). The van der Waals surface area contributed by atoms with Gasteiger partial charge in [-0.3, -0.25) is 0 Å². The molecule has 0 amide bonds. The van der Waals surface area contributed by atoms with Crippen LogP contribution in [-0.4, -0.2) is 0 Å². The largest absolute Gasteiger partial charge is 0.0651 e. The van der Waals surface area contributed by atoms with Crippen molar-refractivity contribution in [3.63, 3.8) is 0 Å². The van der Waals surface area contributed by atoms with Gasteiger partial charge in [0.15, 0.2) is 0 Å². The zero-order valence-corrected chi connectivity index (χ0v) is 53.6. The monoisotopic (exact) mass is 979 g/mol. The van der Waals surface area contributed by atoms with Crippen LogP contribution in [0.15, 0.2) is 0 Å². The van der Waals surface area contributed by atoms with Crippen LogP contribution in [0.4, 0.5) is 0 Å². The summed E-state index contributed by atoms with van der Waals surface area (Å²) in [6, 6.07) is 0. The zero-order valence-electron chi connectivity index (χ0n) is 53.6. The molecule has 0 aromatic heterocycles. The number of hydrogen-bond donors (Lipinski definition) is 0. The lowest BCUT2D eigenvalue weighted by atomic mass is 9.64. The summed E-state index contributed by atoms with van der Waals surface area (Å²) in [6.07, 6.45) is 33.7. The minimum atomic E-state index is 0.681. The van der Waals surface area contributed by atoms with Crippen LogP contribution in [0.2, 0.25) is 0 Å². The van der Waals surface area contributed by atoms with Gasteiger partial charge in [-0.1, -0.05) is 205 Å². The van der Waals surface area contributed by atoms with Crippen LogP contribution in [0.5, 0.6) is 0 Å². The fourth-order valence-corrected chi connectivity index (χ4v) is 13.8. The van der Waals surface area contributed by atoms with Gasteiger partial charge in [0.25, 0.3) is 0 Å². The van der Waals surface area contributed by atoms with E-state index in [1.807, 2.05) is 0 Å². The highest BCUT2D eigenvalue weighted by atomic mass is 14.5. The maximum absolute atomic E-state index is 2.39. The van der Waals surface area contributed by atoms with E-state index in [2.05, 4.69) is 173 Å². The smallest absolute Gasteiger partial charge is 0.0328 e. The summed E-state index contributed by atoms with van der Waals surface area (Å²) >= 11 is 0. The van der Waals surface area contributed by atoms with Crippen molar-refractivity contribution in [3.05, 3.63) is 0 Å². The lowest BCUT2D eigenvalue weighted by Crippen LogP contribution is -2.31. The first-order chi connectivity index (χ1) is 32.2. The van der Waals surface area contributed by atoms with Crippen molar-refractivity contribution in [3.8, 4) is 0 Å². The van der Waals surface area contributed by atoms with Crippen LogP contribution in [-0.2, 0) is 0 Å². The van der Waals surface area contributed by atoms with Crippen molar-refractivity contribution < 1.29 is 0 Å². The third-order valence-corrected chi connectivity index (χ3v) is 23.0. The first-order valence-electron chi connectivity index (χ1n) is 32.2. The Morgan fingerprint density at radius 3 is 0.771 bits per heavy atom. The summed E-state index contributed by atoms with van der Waals surface area (Å²) in [7, 11) is 0. The SMILES string of the molecule is CC1CC(C)(C)C1.CC1CC(C)(C)C1.CC1CC(C)C1C.CC1CC(C)C1C.CC1CCC1(C)C.CCC1(C)CCC1.CCC1CC(C)C1.CCC1CCC1C.C[C@H]1CC1C1CC1.C[C@H]1CCC1(C)C. The fourth-order valence-electron chi connectivity index (χ4n) is 13.8. The van der Waals surface area contributed by atoms with E-state index in [9.17, 15) is 0 Å². The number of rotatable bonds is 4. The molecule has 0 spiro atoms. The molecular weight excluding hydrogens is 841 g/mol. The molecule has 10 atom stereocenters. The first-order valence-corrected chi connectivity index (χ1v) is 32.2. The Labute approximate surface area is 446 Å². The van der Waals surface area contributed by atoms with Gasteiger partial charge < -0.3 is 0 Å². The van der Waals surface area contributed by atoms with Gasteiger partial charge in [0, 0.05) is 0 Å². The lowest BCUT2D eigenvalue weighted by Gasteiger charge is -2.42. The summed E-state index contributed by atoms with van der Waals surface area (Å²) in [5, 5.41) is 0. The molecule has 0 radical (unpaired) electrons. The molecule has 0 aliphatic heterocycles. The summed E-state index contributed by atoms with van der Waals surface area (Å²) in [6.45, 7) is 58.5. The topological polar surface area (TPSA) is 0 Å². The van der Waals surface area contributed by atoms with Gasteiger partial charge in [0.2, 0.25) is 0 Å². The molecule has 0 N–H and O–H groups in total. The Balaban J connectivity index is 0.000000267. The highest BCUT2D eigenvalue weighted by Gasteiger charge is 2.44. The van der Waals surface area contributed by atoms with Gasteiger partial charge in [0.1, 0.15) is 0 Å². The summed E-state index contributed by atoms with van der Waals surface area (Å²) in [4.78, 5) is 0. The van der Waals surface area contributed by atoms with Crippen molar-refractivity contribution in [2.24, 2.45) is 128 Å². The Hall–Kier alpha value is 0. The van der Waals surface area contributed by atoms with Gasteiger partial charge in [0.05, 0.1) is 0 Å². The maximum Gasteiger partial charge on any atom is -0.0328 e. The van der Waals surface area contributed by atoms with Crippen LogP contribution >= 0.6 is 0 Å². The second-order valence-electron chi connectivity index (χ2n) is 32.1. The maximum atomic E-state index is 2.39. The molecule has 11 fully saturated rings. The van der Waals surface area contributed by atoms with Gasteiger partial charge >= 0.3 is 0 Å². The molecule has 11 saturated carbocycles. The molecule has 0 heteroatoms. The van der Waals surface area contributed by atoms with Crippen molar-refractivity contribution in [1.29, 1.82) is 0 Å². The molecule has 0 aromatic rings. The molecule has 0 bridgehead atoms. The Morgan fingerprint density at radius 1 is 0.371 bits per heavy atom. The van der Waals surface area contributed by atoms with Crippen LogP contribution in [0.1, 0.15) is 321 Å². The minimum absolute atomic E-state index is 0.681. The van der Waals surface area contributed by atoms with Gasteiger partial charge in [-0.05, 0) is 243 Å². The average Bonchev–Trinajstić information content (AvgIpc) is 4.21. The van der Waals surface area contributed by atoms with Gasteiger partial charge in [-0.2, -0.15) is 0 Å². The van der Waals surface area contributed by atoms with Crippen LogP contribution in [0.3, 0.4) is 0 Å². The van der Waals surface area contributed by atoms with Crippen LogP contribution < -0.4 is 0 Å². The molecule has 0 aromatic carbocycles. The van der Waals surface area contributed by atoms with E-state index in [0.717, 1.165) is 94.2 Å². The summed E-state index contributed by atoms with van der Waals surface area (Å²) in [5.74, 6) is 17.8. The zero-order chi connectivity index (χ0) is 53.6. The molecule has 11 aliphatic carbocycles. The van der Waals surface area contributed by atoms with E-state index in [-0.39, 0.29) is 0 Å². The van der Waals surface area contributed by atoms with Gasteiger partial charge in [-0.15, -0.1) is 0 Å². The molecular formula is C70H138. The van der Waals surface area contributed by atoms with Crippen molar-refractivity contribution in [2.75, 3.05) is 0 Å². The molecule has 8 unspecified atom stereocenters. The lowest BCUT2D eigenvalue weighted by molar-refractivity contribution is 0.0891. The summed E-state index contributed by atoms with van der Waals surface area (Å²) in [5.41, 5.74) is 3.51. The molecule has 0 saturated heterocycles. The van der Waals surface area contributed by atoms with Crippen molar-refractivity contribution >= 4 is 0 Å². The quantitative estimate of drug-likeness (QED) is 0.263. The average molecular weight is 980 g/mol. The Morgan fingerprint density at radius 2 is 0.743 bits per heavy atom. The second kappa shape index (κ2) is 29.5. The minimum Gasteiger partial charge on any atom is -0.0651 e. The highest BCUT2D eigenvalue weighted by Crippen LogP contribution is 2.54. The van der Waals surface area contributed by atoms with E-state index in [0.29, 0.717) is 21.7 Å². The van der Waals surface area contributed by atoms with E-state index < -0.39 is 0 Å². The molecule has 0 nitrogen and oxygen atoms in total. The molecule has 418 valence electrons. The van der Waals surface area contributed by atoms with E-state index in [1.54, 1.807) is 19.3 Å². The van der Waals surface area contributed by atoms with Gasteiger partial charge in [-0.25, -0.2) is 0 Å². The van der Waals surface area contributed by atoms with Crippen LogP contribution in [0.25, 0.3) is 0 Å².